The maximum absolute atomic E-state index is 12.1. The van der Waals surface area contributed by atoms with Crippen molar-refractivity contribution in [3.05, 3.63) is 36.0 Å². The fourth-order valence-corrected chi connectivity index (χ4v) is 3.50. The van der Waals surface area contributed by atoms with Crippen LogP contribution in [0, 0.1) is 0 Å². The first-order chi connectivity index (χ1) is 12.4. The monoisotopic (exact) mass is 396 g/mol. The van der Waals surface area contributed by atoms with Gasteiger partial charge in [0, 0.05) is 18.0 Å². The lowest BCUT2D eigenvalue weighted by atomic mass is 10.1. The van der Waals surface area contributed by atoms with Crippen molar-refractivity contribution in [3.8, 4) is 0 Å². The molecule has 0 saturated heterocycles. The topological polar surface area (TPSA) is 104 Å². The number of methoxy groups -OCH3 is 1. The van der Waals surface area contributed by atoms with Crippen molar-refractivity contribution >= 4 is 33.0 Å². The Morgan fingerprint density at radius 3 is 2.41 bits per heavy atom. The van der Waals surface area contributed by atoms with Gasteiger partial charge in [0.1, 0.15) is 11.6 Å². The Kier molecular flexibility index (Phi) is 5.84. The number of hydrogen-bond donors (Lipinski definition) is 1. The van der Waals surface area contributed by atoms with E-state index < -0.39 is 33.7 Å². The Hall–Kier alpha value is -2.55. The molecule has 1 atom stereocenters. The van der Waals surface area contributed by atoms with Crippen LogP contribution in [0.25, 0.3) is 10.9 Å². The lowest BCUT2D eigenvalue weighted by Crippen LogP contribution is -2.45. The van der Waals surface area contributed by atoms with E-state index in [0.717, 1.165) is 10.2 Å². The second-order valence-corrected chi connectivity index (χ2v) is 9.02. The quantitative estimate of drug-likeness (QED) is 0.776. The van der Waals surface area contributed by atoms with Crippen LogP contribution in [-0.2, 0) is 30.7 Å². The molecule has 0 bridgehead atoms. The van der Waals surface area contributed by atoms with E-state index in [1.54, 1.807) is 45.0 Å². The molecular weight excluding hydrogens is 372 g/mol. The zero-order valence-corrected chi connectivity index (χ0v) is 16.8. The molecule has 2 aromatic rings. The predicted octanol–water partition coefficient (Wildman–Crippen LogP) is 2.06. The van der Waals surface area contributed by atoms with Crippen molar-refractivity contribution in [3.63, 3.8) is 0 Å². The second kappa shape index (κ2) is 7.59. The number of benzene rings is 1. The van der Waals surface area contributed by atoms with Crippen LogP contribution < -0.4 is 5.32 Å². The van der Waals surface area contributed by atoms with Crippen LogP contribution >= 0.6 is 0 Å². The number of ether oxygens (including phenoxy) is 2. The van der Waals surface area contributed by atoms with Crippen LogP contribution in [0.5, 0.6) is 0 Å². The highest BCUT2D eigenvalue weighted by atomic mass is 32.2. The normalized spacial score (nSPS) is 13.2. The number of esters is 1. The first kappa shape index (κ1) is 20.8. The third-order valence-electron chi connectivity index (χ3n) is 3.72. The fourth-order valence-electron chi connectivity index (χ4n) is 2.66. The largest absolute Gasteiger partial charge is 0.467 e. The minimum absolute atomic E-state index is 0.0505. The summed E-state index contributed by atoms with van der Waals surface area (Å²) < 4.78 is 35.2. The number of aromatic nitrogens is 1. The molecule has 8 nitrogen and oxygen atoms in total. The average molecular weight is 396 g/mol. The summed E-state index contributed by atoms with van der Waals surface area (Å²) in [5.74, 6) is -0.656. The van der Waals surface area contributed by atoms with Crippen molar-refractivity contribution in [2.45, 2.75) is 38.8 Å². The van der Waals surface area contributed by atoms with Gasteiger partial charge in [0.2, 0.25) is 10.0 Å². The molecule has 1 amide bonds. The van der Waals surface area contributed by atoms with Gasteiger partial charge in [-0.05, 0) is 32.4 Å². The molecule has 0 aliphatic rings. The summed E-state index contributed by atoms with van der Waals surface area (Å²) in [5, 5.41) is 3.16. The van der Waals surface area contributed by atoms with Crippen molar-refractivity contribution in [1.29, 1.82) is 0 Å². The van der Waals surface area contributed by atoms with Crippen LogP contribution in [0.15, 0.2) is 30.5 Å². The molecule has 0 radical (unpaired) electrons. The highest BCUT2D eigenvalue weighted by Crippen LogP contribution is 2.24. The summed E-state index contributed by atoms with van der Waals surface area (Å²) in [7, 11) is -2.31. The zero-order valence-electron chi connectivity index (χ0n) is 16.0. The number of carbonyl (C=O) groups is 2. The fraction of sp³-hybridized carbons (Fsp3) is 0.444. The summed E-state index contributed by atoms with van der Waals surface area (Å²) in [5.41, 5.74) is 0.357. The van der Waals surface area contributed by atoms with E-state index in [1.165, 1.54) is 13.3 Å². The molecular formula is C18H24N2O6S. The number of amides is 1. The van der Waals surface area contributed by atoms with Gasteiger partial charge in [-0.25, -0.2) is 22.0 Å². The van der Waals surface area contributed by atoms with E-state index in [-0.39, 0.29) is 6.42 Å². The summed E-state index contributed by atoms with van der Waals surface area (Å²) in [6, 6.07) is 5.91. The third kappa shape index (κ3) is 5.22. The number of nitrogens with zero attached hydrogens (tertiary/aromatic N) is 1. The standard InChI is InChI=1S/C18H24N2O6S/c1-18(2,3)26-17(22)19-14(16(21)25-4)10-12-11-20(27(5,23)24)15-9-7-6-8-13(12)15/h6-9,11,14H,10H2,1-5H3,(H,19,22). The maximum Gasteiger partial charge on any atom is 0.408 e. The van der Waals surface area contributed by atoms with E-state index in [4.69, 9.17) is 9.47 Å². The van der Waals surface area contributed by atoms with Gasteiger partial charge in [0.15, 0.2) is 0 Å². The zero-order chi connectivity index (χ0) is 20.4. The Balaban J connectivity index is 2.38. The Bertz CT molecular complexity index is 956. The van der Waals surface area contributed by atoms with Crippen molar-refractivity contribution in [2.75, 3.05) is 13.4 Å². The van der Waals surface area contributed by atoms with Gasteiger partial charge in [-0.3, -0.25) is 0 Å². The van der Waals surface area contributed by atoms with Gasteiger partial charge in [-0.1, -0.05) is 18.2 Å². The van der Waals surface area contributed by atoms with Crippen LogP contribution in [0.4, 0.5) is 4.79 Å². The average Bonchev–Trinajstić information content (AvgIpc) is 2.91. The number of nitrogens with one attached hydrogen (secondary N) is 1. The predicted molar refractivity (Wildman–Crippen MR) is 101 cm³/mol. The molecule has 1 heterocycles. The van der Waals surface area contributed by atoms with Gasteiger partial charge < -0.3 is 14.8 Å². The van der Waals surface area contributed by atoms with E-state index in [0.29, 0.717) is 16.5 Å². The van der Waals surface area contributed by atoms with Crippen LogP contribution in [-0.4, -0.2) is 49.5 Å². The second-order valence-electron chi connectivity index (χ2n) is 7.16. The molecule has 0 saturated carbocycles. The van der Waals surface area contributed by atoms with Gasteiger partial charge in [0.25, 0.3) is 0 Å². The lowest BCUT2D eigenvalue weighted by molar-refractivity contribution is -0.143. The van der Waals surface area contributed by atoms with Crippen LogP contribution in [0.3, 0.4) is 0 Å². The number of fused-ring (bicyclic) bond motifs is 1. The van der Waals surface area contributed by atoms with Crippen LogP contribution in [0.2, 0.25) is 0 Å². The maximum atomic E-state index is 12.1. The molecule has 1 aromatic heterocycles. The van der Waals surface area contributed by atoms with Gasteiger partial charge in [-0.2, -0.15) is 0 Å². The molecule has 0 aliphatic heterocycles. The first-order valence-corrected chi connectivity index (χ1v) is 10.1. The number of carbonyl (C=O) groups excluding carboxylic acids is 2. The van der Waals surface area contributed by atoms with E-state index in [1.807, 2.05) is 0 Å². The van der Waals surface area contributed by atoms with Gasteiger partial charge >= 0.3 is 12.1 Å². The number of hydrogen-bond acceptors (Lipinski definition) is 6. The minimum atomic E-state index is -3.53. The van der Waals surface area contributed by atoms with Gasteiger partial charge in [-0.15, -0.1) is 0 Å². The van der Waals surface area contributed by atoms with Crippen molar-refractivity contribution in [1.82, 2.24) is 9.29 Å². The van der Waals surface area contributed by atoms with E-state index in [9.17, 15) is 18.0 Å². The Morgan fingerprint density at radius 1 is 1.22 bits per heavy atom. The van der Waals surface area contributed by atoms with Crippen molar-refractivity contribution in [2.24, 2.45) is 0 Å². The SMILES string of the molecule is COC(=O)C(Cc1cn(S(C)(=O)=O)c2ccccc12)NC(=O)OC(C)(C)C. The number of para-hydroxylation sites is 1. The summed E-state index contributed by atoms with van der Waals surface area (Å²) in [4.78, 5) is 24.2. The third-order valence-corrected chi connectivity index (χ3v) is 4.74. The van der Waals surface area contributed by atoms with Crippen LogP contribution in [0.1, 0.15) is 26.3 Å². The van der Waals surface area contributed by atoms with Crippen molar-refractivity contribution < 1.29 is 27.5 Å². The molecule has 0 spiro atoms. The Morgan fingerprint density at radius 2 is 1.85 bits per heavy atom. The summed E-state index contributed by atoms with van der Waals surface area (Å²) in [6.07, 6.45) is 1.84. The lowest BCUT2D eigenvalue weighted by Gasteiger charge is -2.22. The highest BCUT2D eigenvalue weighted by molar-refractivity contribution is 7.89. The smallest absolute Gasteiger partial charge is 0.408 e. The van der Waals surface area contributed by atoms with E-state index in [2.05, 4.69) is 5.32 Å². The molecule has 0 fully saturated rings. The summed E-state index contributed by atoms with van der Waals surface area (Å²) >= 11 is 0. The molecule has 148 valence electrons. The Labute approximate surface area is 158 Å². The van der Waals surface area contributed by atoms with Gasteiger partial charge in [0.05, 0.1) is 18.9 Å². The molecule has 27 heavy (non-hydrogen) atoms. The molecule has 2 rings (SSSR count). The number of alkyl carbamates (subject to hydrolysis) is 1. The first-order valence-electron chi connectivity index (χ1n) is 8.29. The highest BCUT2D eigenvalue weighted by Gasteiger charge is 2.27. The molecule has 1 aromatic carbocycles. The minimum Gasteiger partial charge on any atom is -0.467 e. The molecule has 1 unspecified atom stereocenters. The summed E-state index contributed by atoms with van der Waals surface area (Å²) in [6.45, 7) is 5.12. The molecule has 1 N–H and O–H groups in total. The van der Waals surface area contributed by atoms with E-state index >= 15 is 0 Å². The molecule has 0 aliphatic carbocycles. The number of rotatable bonds is 5. The molecule has 9 heteroatoms.